The Bertz CT molecular complexity index is 917. The molecule has 0 bridgehead atoms. The minimum absolute atomic E-state index is 0.0153. The number of benzene rings is 2. The van der Waals surface area contributed by atoms with Crippen LogP contribution in [-0.4, -0.2) is 20.9 Å². The van der Waals surface area contributed by atoms with Gasteiger partial charge in [-0.1, -0.05) is 54.2 Å². The van der Waals surface area contributed by atoms with Crippen LogP contribution < -0.4 is 10.0 Å². The van der Waals surface area contributed by atoms with Crippen LogP contribution in [0.25, 0.3) is 0 Å². The van der Waals surface area contributed by atoms with Crippen LogP contribution in [0.3, 0.4) is 0 Å². The van der Waals surface area contributed by atoms with Gasteiger partial charge in [0.25, 0.3) is 5.91 Å². The number of hydrogen-bond acceptors (Lipinski definition) is 3. The molecule has 0 atom stereocenters. The highest BCUT2D eigenvalue weighted by molar-refractivity contribution is 7.89. The van der Waals surface area contributed by atoms with Crippen molar-refractivity contribution in [1.29, 1.82) is 0 Å². The van der Waals surface area contributed by atoms with E-state index >= 15 is 0 Å². The largest absolute Gasteiger partial charge is 0.321 e. The van der Waals surface area contributed by atoms with Crippen molar-refractivity contribution in [3.05, 3.63) is 57.0 Å². The van der Waals surface area contributed by atoms with Crippen LogP contribution >= 0.6 is 34.8 Å². The first kappa shape index (κ1) is 21.0. The molecule has 9 heteroatoms. The quantitative estimate of drug-likeness (QED) is 0.476. The van der Waals surface area contributed by atoms with Gasteiger partial charge in [0.2, 0.25) is 10.0 Å². The zero-order valence-corrected chi connectivity index (χ0v) is 16.9. The molecule has 2 rings (SSSR count). The predicted molar refractivity (Wildman–Crippen MR) is 106 cm³/mol. The second-order valence-corrected chi connectivity index (χ2v) is 8.47. The lowest BCUT2D eigenvalue weighted by Crippen LogP contribution is -2.25. The Morgan fingerprint density at radius 3 is 2.42 bits per heavy atom. The fourth-order valence-electron chi connectivity index (χ4n) is 2.08. The van der Waals surface area contributed by atoms with E-state index < -0.39 is 15.9 Å². The van der Waals surface area contributed by atoms with Crippen molar-refractivity contribution in [3.8, 4) is 0 Å². The van der Waals surface area contributed by atoms with Crippen molar-refractivity contribution in [3.63, 3.8) is 0 Å². The zero-order valence-electron chi connectivity index (χ0n) is 13.9. The average molecular weight is 436 g/mol. The van der Waals surface area contributed by atoms with E-state index in [1.54, 1.807) is 0 Å². The van der Waals surface area contributed by atoms with Crippen LogP contribution in [-0.2, 0) is 10.0 Å². The first-order chi connectivity index (χ1) is 12.2. The highest BCUT2D eigenvalue weighted by atomic mass is 35.5. The summed E-state index contributed by atoms with van der Waals surface area (Å²) in [4.78, 5) is 12.5. The van der Waals surface area contributed by atoms with Crippen molar-refractivity contribution < 1.29 is 13.2 Å². The Labute approximate surface area is 167 Å². The highest BCUT2D eigenvalue weighted by Gasteiger charge is 2.17. The van der Waals surface area contributed by atoms with Gasteiger partial charge in [0.15, 0.2) is 0 Å². The van der Waals surface area contributed by atoms with Crippen molar-refractivity contribution >= 4 is 56.4 Å². The van der Waals surface area contributed by atoms with Crippen LogP contribution in [0.5, 0.6) is 0 Å². The standard InChI is InChI=1S/C17H17Cl3N2O3S/c1-2-3-7-21-26(24,25)12-6-4-5-11(8-12)17(23)22-16-10-14(19)13(18)9-15(16)20/h4-6,8-10,21H,2-3,7H2,1H3,(H,22,23). The summed E-state index contributed by atoms with van der Waals surface area (Å²) in [5, 5.41) is 3.32. The fraction of sp³-hybridized carbons (Fsp3) is 0.235. The highest BCUT2D eigenvalue weighted by Crippen LogP contribution is 2.32. The van der Waals surface area contributed by atoms with Gasteiger partial charge in [-0.2, -0.15) is 0 Å². The van der Waals surface area contributed by atoms with E-state index in [0.717, 1.165) is 12.8 Å². The molecule has 0 heterocycles. The molecule has 140 valence electrons. The molecule has 0 spiro atoms. The predicted octanol–water partition coefficient (Wildman–Crippen LogP) is 4.98. The number of carbonyl (C=O) groups is 1. The summed E-state index contributed by atoms with van der Waals surface area (Å²) in [5.74, 6) is -0.518. The Balaban J connectivity index is 2.22. The Hall–Kier alpha value is -1.31. The van der Waals surface area contributed by atoms with Crippen LogP contribution in [0.2, 0.25) is 15.1 Å². The SMILES string of the molecule is CCCCNS(=O)(=O)c1cccc(C(=O)Nc2cc(Cl)c(Cl)cc2Cl)c1. The maximum Gasteiger partial charge on any atom is 0.255 e. The van der Waals surface area contributed by atoms with Gasteiger partial charge in [-0.3, -0.25) is 4.79 Å². The number of nitrogens with one attached hydrogen (secondary N) is 2. The van der Waals surface area contributed by atoms with Crippen molar-refractivity contribution in [1.82, 2.24) is 4.72 Å². The van der Waals surface area contributed by atoms with Crippen molar-refractivity contribution in [2.45, 2.75) is 24.7 Å². The van der Waals surface area contributed by atoms with E-state index in [1.165, 1.54) is 36.4 Å². The van der Waals surface area contributed by atoms with Gasteiger partial charge in [-0.15, -0.1) is 0 Å². The normalized spacial score (nSPS) is 11.4. The first-order valence-electron chi connectivity index (χ1n) is 7.80. The Morgan fingerprint density at radius 1 is 1.04 bits per heavy atom. The Morgan fingerprint density at radius 2 is 1.73 bits per heavy atom. The second kappa shape index (κ2) is 9.06. The number of anilines is 1. The van der Waals surface area contributed by atoms with Crippen LogP contribution in [0.1, 0.15) is 30.1 Å². The molecule has 26 heavy (non-hydrogen) atoms. The van der Waals surface area contributed by atoms with Crippen LogP contribution in [0, 0.1) is 0 Å². The lowest BCUT2D eigenvalue weighted by Gasteiger charge is -2.10. The number of amides is 1. The topological polar surface area (TPSA) is 75.3 Å². The summed E-state index contributed by atoms with van der Waals surface area (Å²) in [6.07, 6.45) is 1.60. The minimum Gasteiger partial charge on any atom is -0.321 e. The van der Waals surface area contributed by atoms with Gasteiger partial charge < -0.3 is 5.32 Å². The molecule has 2 aromatic rings. The van der Waals surface area contributed by atoms with Crippen LogP contribution in [0.4, 0.5) is 5.69 Å². The third-order valence-corrected chi connectivity index (χ3v) is 5.98. The fourth-order valence-corrected chi connectivity index (χ4v) is 3.80. The second-order valence-electron chi connectivity index (χ2n) is 5.48. The van der Waals surface area contributed by atoms with Gasteiger partial charge in [0, 0.05) is 12.1 Å². The lowest BCUT2D eigenvalue weighted by molar-refractivity contribution is 0.102. The van der Waals surface area contributed by atoms with Gasteiger partial charge in [-0.05, 0) is 36.8 Å². The maximum atomic E-state index is 12.4. The molecule has 0 unspecified atom stereocenters. The minimum atomic E-state index is -3.68. The third kappa shape index (κ3) is 5.34. The van der Waals surface area contributed by atoms with Gasteiger partial charge in [0.1, 0.15) is 0 Å². The third-order valence-electron chi connectivity index (χ3n) is 3.49. The van der Waals surface area contributed by atoms with E-state index in [1.807, 2.05) is 6.92 Å². The molecule has 0 aliphatic rings. The van der Waals surface area contributed by atoms with E-state index in [9.17, 15) is 13.2 Å². The number of sulfonamides is 1. The molecule has 0 radical (unpaired) electrons. The zero-order chi connectivity index (χ0) is 19.3. The van der Waals surface area contributed by atoms with Crippen LogP contribution in [0.15, 0.2) is 41.3 Å². The molecule has 1 amide bonds. The van der Waals surface area contributed by atoms with Gasteiger partial charge in [-0.25, -0.2) is 13.1 Å². The molecule has 2 N–H and O–H groups in total. The smallest absolute Gasteiger partial charge is 0.255 e. The molecule has 0 saturated heterocycles. The molecular weight excluding hydrogens is 419 g/mol. The number of rotatable bonds is 7. The molecule has 0 fully saturated rings. The lowest BCUT2D eigenvalue weighted by atomic mass is 10.2. The molecule has 0 aromatic heterocycles. The van der Waals surface area contributed by atoms with Gasteiger partial charge >= 0.3 is 0 Å². The van der Waals surface area contributed by atoms with E-state index in [2.05, 4.69) is 10.0 Å². The molecule has 0 saturated carbocycles. The van der Waals surface area contributed by atoms with E-state index in [4.69, 9.17) is 34.8 Å². The molecule has 0 aliphatic carbocycles. The van der Waals surface area contributed by atoms with Gasteiger partial charge in [0.05, 0.1) is 25.7 Å². The summed E-state index contributed by atoms with van der Waals surface area (Å²) in [6.45, 7) is 2.31. The first-order valence-corrected chi connectivity index (χ1v) is 10.4. The Kier molecular flexibility index (Phi) is 7.32. The summed E-state index contributed by atoms with van der Waals surface area (Å²) < 4.78 is 27.1. The molecule has 0 aliphatic heterocycles. The van der Waals surface area contributed by atoms with Crippen molar-refractivity contribution in [2.75, 3.05) is 11.9 Å². The molecular formula is C17H17Cl3N2O3S. The summed E-state index contributed by atoms with van der Waals surface area (Å²) in [6, 6.07) is 8.58. The number of carbonyl (C=O) groups excluding carboxylic acids is 1. The number of unbranched alkanes of at least 4 members (excludes halogenated alkanes) is 1. The number of hydrogen-bond donors (Lipinski definition) is 2. The average Bonchev–Trinajstić information content (AvgIpc) is 2.60. The number of halogens is 3. The summed E-state index contributed by atoms with van der Waals surface area (Å²) >= 11 is 17.8. The monoisotopic (exact) mass is 434 g/mol. The van der Waals surface area contributed by atoms with Crippen molar-refractivity contribution in [2.24, 2.45) is 0 Å². The summed E-state index contributed by atoms with van der Waals surface area (Å²) in [5.41, 5.74) is 0.450. The molecule has 2 aromatic carbocycles. The van der Waals surface area contributed by atoms with E-state index in [-0.39, 0.29) is 31.2 Å². The summed E-state index contributed by atoms with van der Waals surface area (Å²) in [7, 11) is -3.68. The molecule has 5 nitrogen and oxygen atoms in total. The van der Waals surface area contributed by atoms with E-state index in [0.29, 0.717) is 6.54 Å². The maximum absolute atomic E-state index is 12.4.